The summed E-state index contributed by atoms with van der Waals surface area (Å²) in [4.78, 5) is 41.5. The van der Waals surface area contributed by atoms with Crippen molar-refractivity contribution < 1.29 is 29.4 Å². The molecule has 1 atom stereocenters. The van der Waals surface area contributed by atoms with Gasteiger partial charge in [-0.25, -0.2) is 0 Å². The van der Waals surface area contributed by atoms with E-state index in [1.54, 1.807) is 24.3 Å². The Morgan fingerprint density at radius 2 is 1.62 bits per heavy atom. The highest BCUT2D eigenvalue weighted by Gasteiger charge is 2.14. The highest BCUT2D eigenvalue weighted by atomic mass is 16.4. The average Bonchev–Trinajstić information content (AvgIpc) is 2.38. The van der Waals surface area contributed by atoms with Gasteiger partial charge in [-0.05, 0) is 6.92 Å². The molecule has 0 amide bonds. The van der Waals surface area contributed by atoms with Crippen molar-refractivity contribution in [3.63, 3.8) is 0 Å². The molecule has 0 aliphatic carbocycles. The molecule has 0 spiro atoms. The summed E-state index contributed by atoms with van der Waals surface area (Å²) >= 11 is 0. The third-order valence-electron chi connectivity index (χ3n) is 2.22. The molecule has 0 unspecified atom stereocenters. The Hall–Kier alpha value is -2.54. The van der Waals surface area contributed by atoms with Gasteiger partial charge < -0.3 is 15.9 Å². The number of carboxylic acids is 2. The minimum absolute atomic E-state index is 0.00398. The van der Waals surface area contributed by atoms with Gasteiger partial charge in [0, 0.05) is 5.56 Å². The molecule has 0 fully saturated rings. The predicted octanol–water partition coefficient (Wildman–Crippen LogP) is 0.721. The van der Waals surface area contributed by atoms with E-state index in [4.69, 9.17) is 15.9 Å². The van der Waals surface area contributed by atoms with Crippen LogP contribution in [0, 0.1) is 0 Å². The van der Waals surface area contributed by atoms with Crippen molar-refractivity contribution in [2.75, 3.05) is 0 Å². The van der Waals surface area contributed by atoms with Crippen molar-refractivity contribution in [2.45, 2.75) is 25.8 Å². The first-order valence-electron chi connectivity index (χ1n) is 6.02. The molecule has 21 heavy (non-hydrogen) atoms. The fourth-order valence-corrected chi connectivity index (χ4v) is 1.23. The standard InChI is InChI=1S/C10H10O2.C4H7NO4/c1-8(11)7-10(12)9-5-3-2-4-6-9;5-2(4(8)9)1-3(6)7/h2-6H,7H2,1H3;2H,1,5H2,(H,6,7)(H,8,9)/t;2-/m.0/s1. The largest absolute Gasteiger partial charge is 0.481 e. The molecule has 0 saturated heterocycles. The second-order valence-corrected chi connectivity index (χ2v) is 4.21. The third kappa shape index (κ3) is 9.06. The zero-order valence-corrected chi connectivity index (χ0v) is 11.5. The molecule has 0 aromatic heterocycles. The number of carbonyl (C=O) groups excluding carboxylic acids is 2. The van der Waals surface area contributed by atoms with Crippen LogP contribution in [0.15, 0.2) is 30.3 Å². The van der Waals surface area contributed by atoms with Gasteiger partial charge in [0.05, 0.1) is 12.8 Å². The molecule has 0 bridgehead atoms. The lowest BCUT2D eigenvalue weighted by molar-refractivity contribution is -0.144. The second-order valence-electron chi connectivity index (χ2n) is 4.21. The van der Waals surface area contributed by atoms with Gasteiger partial charge in [0.15, 0.2) is 5.78 Å². The molecule has 7 nitrogen and oxygen atoms in total. The lowest BCUT2D eigenvalue weighted by Crippen LogP contribution is -2.32. The summed E-state index contributed by atoms with van der Waals surface area (Å²) in [5.41, 5.74) is 5.44. The summed E-state index contributed by atoms with van der Waals surface area (Å²) in [6.45, 7) is 1.42. The Kier molecular flexibility index (Phi) is 8.24. The van der Waals surface area contributed by atoms with Gasteiger partial charge in [0.2, 0.25) is 0 Å². The number of ketones is 2. The highest BCUT2D eigenvalue weighted by Crippen LogP contribution is 2.02. The molecule has 1 aromatic rings. The maximum atomic E-state index is 11.2. The molecule has 0 saturated carbocycles. The van der Waals surface area contributed by atoms with Crippen LogP contribution in [-0.4, -0.2) is 39.8 Å². The molecule has 114 valence electrons. The van der Waals surface area contributed by atoms with Crippen molar-refractivity contribution in [3.8, 4) is 0 Å². The SMILES string of the molecule is CC(=O)CC(=O)c1ccccc1.N[C@@H](CC(=O)O)C(=O)O. The van der Waals surface area contributed by atoms with E-state index >= 15 is 0 Å². The Bertz CT molecular complexity index is 511. The average molecular weight is 295 g/mol. The molecule has 0 aliphatic heterocycles. The normalized spacial score (nSPS) is 10.8. The van der Waals surface area contributed by atoms with Crippen LogP contribution in [-0.2, 0) is 14.4 Å². The number of carbonyl (C=O) groups is 4. The van der Waals surface area contributed by atoms with Gasteiger partial charge in [-0.1, -0.05) is 30.3 Å². The van der Waals surface area contributed by atoms with E-state index in [1.807, 2.05) is 6.07 Å². The maximum Gasteiger partial charge on any atom is 0.321 e. The van der Waals surface area contributed by atoms with Gasteiger partial charge >= 0.3 is 11.9 Å². The number of nitrogens with two attached hydrogens (primary N) is 1. The Morgan fingerprint density at radius 1 is 1.10 bits per heavy atom. The Labute approximate surface area is 121 Å². The van der Waals surface area contributed by atoms with E-state index in [1.165, 1.54) is 6.92 Å². The molecular formula is C14H17NO6. The molecule has 1 aromatic carbocycles. The zero-order chi connectivity index (χ0) is 16.4. The van der Waals surface area contributed by atoms with Crippen molar-refractivity contribution >= 4 is 23.5 Å². The Balaban J connectivity index is 0.000000400. The minimum Gasteiger partial charge on any atom is -0.481 e. The van der Waals surface area contributed by atoms with Crippen LogP contribution in [0.1, 0.15) is 30.1 Å². The first-order valence-corrected chi connectivity index (χ1v) is 6.02. The summed E-state index contributed by atoms with van der Waals surface area (Å²) in [7, 11) is 0. The van der Waals surface area contributed by atoms with E-state index in [0.29, 0.717) is 5.56 Å². The summed E-state index contributed by atoms with van der Waals surface area (Å²) in [5, 5.41) is 16.0. The summed E-state index contributed by atoms with van der Waals surface area (Å²) in [5.74, 6) is -2.70. The molecule has 0 radical (unpaired) electrons. The van der Waals surface area contributed by atoms with E-state index in [-0.39, 0.29) is 18.0 Å². The fraction of sp³-hybridized carbons (Fsp3) is 0.286. The van der Waals surface area contributed by atoms with Gasteiger partial charge in [0.1, 0.15) is 11.8 Å². The molecule has 4 N–H and O–H groups in total. The first kappa shape index (κ1) is 18.5. The molecular weight excluding hydrogens is 278 g/mol. The molecule has 0 aliphatic rings. The lowest BCUT2D eigenvalue weighted by Gasteiger charge is -1.99. The fourth-order valence-electron chi connectivity index (χ4n) is 1.23. The third-order valence-corrected chi connectivity index (χ3v) is 2.22. The maximum absolute atomic E-state index is 11.2. The van der Waals surface area contributed by atoms with E-state index < -0.39 is 24.4 Å². The van der Waals surface area contributed by atoms with Gasteiger partial charge in [0.25, 0.3) is 0 Å². The van der Waals surface area contributed by atoms with Gasteiger partial charge in [-0.15, -0.1) is 0 Å². The summed E-state index contributed by atoms with van der Waals surface area (Å²) < 4.78 is 0. The van der Waals surface area contributed by atoms with E-state index in [2.05, 4.69) is 0 Å². The van der Waals surface area contributed by atoms with E-state index in [0.717, 1.165) is 0 Å². The topological polar surface area (TPSA) is 135 Å². The summed E-state index contributed by atoms with van der Waals surface area (Å²) in [6, 6.07) is 7.55. The van der Waals surface area contributed by atoms with E-state index in [9.17, 15) is 19.2 Å². The number of carboxylic acid groups (broad SMARTS) is 2. The number of hydrogen-bond acceptors (Lipinski definition) is 5. The van der Waals surface area contributed by atoms with Gasteiger partial charge in [-0.3, -0.25) is 19.2 Å². The van der Waals surface area contributed by atoms with Crippen LogP contribution < -0.4 is 5.73 Å². The van der Waals surface area contributed by atoms with Crippen LogP contribution in [0.3, 0.4) is 0 Å². The van der Waals surface area contributed by atoms with Crippen LogP contribution in [0.25, 0.3) is 0 Å². The van der Waals surface area contributed by atoms with Crippen LogP contribution in [0.4, 0.5) is 0 Å². The van der Waals surface area contributed by atoms with Crippen LogP contribution in [0.5, 0.6) is 0 Å². The number of Topliss-reactive ketones (excluding diaryl/α,β-unsaturated/α-hetero) is 2. The quantitative estimate of drug-likeness (QED) is 0.519. The lowest BCUT2D eigenvalue weighted by atomic mass is 10.1. The van der Waals surface area contributed by atoms with Gasteiger partial charge in [-0.2, -0.15) is 0 Å². The predicted molar refractivity (Wildman–Crippen MR) is 73.9 cm³/mol. The minimum atomic E-state index is -1.29. The van der Waals surface area contributed by atoms with Crippen molar-refractivity contribution in [2.24, 2.45) is 5.73 Å². The first-order chi connectivity index (χ1) is 9.73. The van der Waals surface area contributed by atoms with Crippen LogP contribution >= 0.6 is 0 Å². The zero-order valence-electron chi connectivity index (χ0n) is 11.5. The van der Waals surface area contributed by atoms with Crippen molar-refractivity contribution in [1.82, 2.24) is 0 Å². The molecule has 0 heterocycles. The monoisotopic (exact) mass is 295 g/mol. The molecule has 1 rings (SSSR count). The number of aliphatic carboxylic acids is 2. The second kappa shape index (κ2) is 9.38. The molecule has 7 heteroatoms. The number of benzene rings is 1. The van der Waals surface area contributed by atoms with Crippen molar-refractivity contribution in [1.29, 1.82) is 0 Å². The Morgan fingerprint density at radius 3 is 1.95 bits per heavy atom. The number of rotatable bonds is 6. The number of hydrogen-bond donors (Lipinski definition) is 3. The summed E-state index contributed by atoms with van der Waals surface area (Å²) in [6.07, 6.45) is -0.528. The van der Waals surface area contributed by atoms with Crippen molar-refractivity contribution in [3.05, 3.63) is 35.9 Å². The van der Waals surface area contributed by atoms with Crippen LogP contribution in [0.2, 0.25) is 0 Å². The highest BCUT2D eigenvalue weighted by molar-refractivity contribution is 6.07. The smallest absolute Gasteiger partial charge is 0.321 e.